The molecule has 0 bridgehead atoms. The first kappa shape index (κ1) is 20.0. The van der Waals surface area contributed by atoms with E-state index < -0.39 is 56.2 Å². The molecular weight excluding hydrogens is 353 g/mol. The summed E-state index contributed by atoms with van der Waals surface area (Å²) in [6.07, 6.45) is -5.11. The zero-order chi connectivity index (χ0) is 19.5. The van der Waals surface area contributed by atoms with Gasteiger partial charge in [-0.3, -0.25) is 29.8 Å². The van der Waals surface area contributed by atoms with Crippen LogP contribution in [-0.4, -0.2) is 28.2 Å². The van der Waals surface area contributed by atoms with E-state index in [1.165, 1.54) is 6.92 Å². The highest BCUT2D eigenvalue weighted by Gasteiger charge is 2.43. The standard InChI is InChI=1S/C13H11F3N2O7/c1-3-25-12(20)10(6(2)19)11-8(17(21)22)4-7(13(14,15)16)5-9(11)18(23)24/h4-5,10H,3H2,1-2H3. The van der Waals surface area contributed by atoms with Crippen molar-refractivity contribution < 1.29 is 37.3 Å². The van der Waals surface area contributed by atoms with E-state index in [0.29, 0.717) is 0 Å². The van der Waals surface area contributed by atoms with E-state index in [4.69, 9.17) is 0 Å². The molecular formula is C13H11F3N2O7. The molecule has 25 heavy (non-hydrogen) atoms. The van der Waals surface area contributed by atoms with E-state index >= 15 is 0 Å². The molecule has 0 spiro atoms. The summed E-state index contributed by atoms with van der Waals surface area (Å²) in [5.74, 6) is -4.48. The molecule has 0 aromatic heterocycles. The third-order valence-corrected chi connectivity index (χ3v) is 3.07. The number of Topliss-reactive ketones (excluding diaryl/α,β-unsaturated/α-hetero) is 1. The number of nitro groups is 2. The molecule has 1 atom stereocenters. The van der Waals surface area contributed by atoms with Gasteiger partial charge in [0.2, 0.25) is 0 Å². The van der Waals surface area contributed by atoms with Gasteiger partial charge in [0, 0.05) is 12.1 Å². The lowest BCUT2D eigenvalue weighted by molar-refractivity contribution is -0.396. The van der Waals surface area contributed by atoms with Crippen molar-refractivity contribution in [3.8, 4) is 0 Å². The Balaban J connectivity index is 3.88. The second-order valence-electron chi connectivity index (χ2n) is 4.74. The largest absolute Gasteiger partial charge is 0.465 e. The summed E-state index contributed by atoms with van der Waals surface area (Å²) in [5.41, 5.74) is -5.43. The number of carbonyl (C=O) groups excluding carboxylic acids is 2. The molecule has 9 nitrogen and oxygen atoms in total. The minimum absolute atomic E-state index is 0.0392. The van der Waals surface area contributed by atoms with Gasteiger partial charge in [0.05, 0.1) is 22.0 Å². The maximum absolute atomic E-state index is 12.8. The Morgan fingerprint density at radius 3 is 1.88 bits per heavy atom. The van der Waals surface area contributed by atoms with Crippen LogP contribution in [0.2, 0.25) is 0 Å². The number of halogens is 3. The number of ether oxygens (including phenoxy) is 1. The van der Waals surface area contributed by atoms with Gasteiger partial charge in [0.15, 0.2) is 5.92 Å². The van der Waals surface area contributed by atoms with E-state index in [1.54, 1.807) is 0 Å². The van der Waals surface area contributed by atoms with Crippen LogP contribution in [0.1, 0.15) is 30.9 Å². The van der Waals surface area contributed by atoms with Gasteiger partial charge in [0.25, 0.3) is 11.4 Å². The summed E-state index contributed by atoms with van der Waals surface area (Å²) in [5, 5.41) is 22.3. The van der Waals surface area contributed by atoms with Crippen molar-refractivity contribution in [2.45, 2.75) is 25.9 Å². The Labute approximate surface area is 137 Å². The summed E-state index contributed by atoms with van der Waals surface area (Å²) in [6.45, 7) is 1.92. The minimum atomic E-state index is -5.11. The second kappa shape index (κ2) is 7.23. The number of benzene rings is 1. The first-order chi connectivity index (χ1) is 11.4. The van der Waals surface area contributed by atoms with E-state index in [9.17, 15) is 43.0 Å². The summed E-state index contributed by atoms with van der Waals surface area (Å²) in [6, 6.07) is 0.0784. The van der Waals surface area contributed by atoms with Crippen molar-refractivity contribution in [1.82, 2.24) is 0 Å². The topological polar surface area (TPSA) is 130 Å². The third-order valence-electron chi connectivity index (χ3n) is 3.07. The van der Waals surface area contributed by atoms with Crippen LogP contribution in [0, 0.1) is 20.2 Å². The van der Waals surface area contributed by atoms with Crippen molar-refractivity contribution in [3.63, 3.8) is 0 Å². The van der Waals surface area contributed by atoms with Crippen LogP contribution in [0.4, 0.5) is 24.5 Å². The molecule has 136 valence electrons. The van der Waals surface area contributed by atoms with Gasteiger partial charge in [0.1, 0.15) is 11.3 Å². The molecule has 0 heterocycles. The SMILES string of the molecule is CCOC(=O)C(C(C)=O)c1c([N+](=O)[O-])cc(C(F)(F)F)cc1[N+](=O)[O-]. The van der Waals surface area contributed by atoms with Crippen molar-refractivity contribution in [3.05, 3.63) is 43.5 Å². The van der Waals surface area contributed by atoms with Gasteiger partial charge in [-0.2, -0.15) is 13.2 Å². The number of carbonyl (C=O) groups is 2. The lowest BCUT2D eigenvalue weighted by Gasteiger charge is -2.15. The molecule has 0 aliphatic heterocycles. The van der Waals surface area contributed by atoms with Crippen molar-refractivity contribution >= 4 is 23.1 Å². The highest BCUT2D eigenvalue weighted by molar-refractivity contribution is 6.05. The van der Waals surface area contributed by atoms with Gasteiger partial charge in [-0.15, -0.1) is 0 Å². The van der Waals surface area contributed by atoms with E-state index in [-0.39, 0.29) is 18.7 Å². The fourth-order valence-corrected chi connectivity index (χ4v) is 2.10. The number of esters is 1. The highest BCUT2D eigenvalue weighted by Crippen LogP contribution is 2.41. The zero-order valence-electron chi connectivity index (χ0n) is 12.8. The van der Waals surface area contributed by atoms with Gasteiger partial charge in [-0.1, -0.05) is 0 Å². The lowest BCUT2D eigenvalue weighted by Crippen LogP contribution is -2.24. The smallest absolute Gasteiger partial charge is 0.416 e. The molecule has 1 aromatic rings. The molecule has 1 rings (SSSR count). The summed E-state index contributed by atoms with van der Waals surface area (Å²) >= 11 is 0. The number of ketones is 1. The summed E-state index contributed by atoms with van der Waals surface area (Å²) in [4.78, 5) is 43.2. The van der Waals surface area contributed by atoms with E-state index in [1.807, 2.05) is 0 Å². The van der Waals surface area contributed by atoms with Gasteiger partial charge in [-0.25, -0.2) is 0 Å². The average Bonchev–Trinajstić information content (AvgIpc) is 2.45. The Hall–Kier alpha value is -3.05. The number of nitrogens with zero attached hydrogens (tertiary/aromatic N) is 2. The summed E-state index contributed by atoms with van der Waals surface area (Å²) in [7, 11) is 0. The Bertz CT molecular complexity index is 711. The van der Waals surface area contributed by atoms with Gasteiger partial charge < -0.3 is 4.74 Å². The second-order valence-corrected chi connectivity index (χ2v) is 4.74. The first-order valence-electron chi connectivity index (χ1n) is 6.62. The van der Waals surface area contributed by atoms with Crippen LogP contribution in [-0.2, 0) is 20.5 Å². The molecule has 0 saturated carbocycles. The molecule has 1 unspecified atom stereocenters. The molecule has 0 saturated heterocycles. The zero-order valence-corrected chi connectivity index (χ0v) is 12.8. The molecule has 0 aliphatic carbocycles. The predicted molar refractivity (Wildman–Crippen MR) is 74.8 cm³/mol. The van der Waals surface area contributed by atoms with Crippen LogP contribution in [0.25, 0.3) is 0 Å². The van der Waals surface area contributed by atoms with Crippen LogP contribution < -0.4 is 0 Å². The van der Waals surface area contributed by atoms with Crippen LogP contribution in [0.3, 0.4) is 0 Å². The quantitative estimate of drug-likeness (QED) is 0.328. The molecule has 1 aromatic carbocycles. The van der Waals surface area contributed by atoms with Gasteiger partial charge in [-0.05, 0) is 13.8 Å². The maximum Gasteiger partial charge on any atom is 0.416 e. The third kappa shape index (κ3) is 4.28. The van der Waals surface area contributed by atoms with Crippen LogP contribution in [0.15, 0.2) is 12.1 Å². The fraction of sp³-hybridized carbons (Fsp3) is 0.385. The Morgan fingerprint density at radius 2 is 1.60 bits per heavy atom. The molecule has 0 radical (unpaired) electrons. The maximum atomic E-state index is 12.8. The van der Waals surface area contributed by atoms with Gasteiger partial charge >= 0.3 is 12.1 Å². The average molecular weight is 364 g/mol. The van der Waals surface area contributed by atoms with Crippen LogP contribution >= 0.6 is 0 Å². The molecule has 0 amide bonds. The normalized spacial score (nSPS) is 12.4. The van der Waals surface area contributed by atoms with E-state index in [2.05, 4.69) is 4.74 Å². The minimum Gasteiger partial charge on any atom is -0.465 e. The number of nitro benzene ring substituents is 2. The van der Waals surface area contributed by atoms with Crippen molar-refractivity contribution in [2.24, 2.45) is 0 Å². The molecule has 0 N–H and O–H groups in total. The Kier molecular flexibility index (Phi) is 5.79. The highest BCUT2D eigenvalue weighted by atomic mass is 19.4. The molecule has 0 fully saturated rings. The Morgan fingerprint density at radius 1 is 1.16 bits per heavy atom. The number of hydrogen-bond acceptors (Lipinski definition) is 7. The fourth-order valence-electron chi connectivity index (χ4n) is 2.10. The first-order valence-corrected chi connectivity index (χ1v) is 6.62. The van der Waals surface area contributed by atoms with Crippen molar-refractivity contribution in [2.75, 3.05) is 6.61 Å². The lowest BCUT2D eigenvalue weighted by atomic mass is 9.91. The predicted octanol–water partition coefficient (Wildman–Crippen LogP) is 2.76. The summed E-state index contributed by atoms with van der Waals surface area (Å²) < 4.78 is 43.1. The van der Waals surface area contributed by atoms with E-state index in [0.717, 1.165) is 6.92 Å². The number of alkyl halides is 3. The number of hydrogen-bond donors (Lipinski definition) is 0. The number of rotatable bonds is 6. The van der Waals surface area contributed by atoms with Crippen LogP contribution in [0.5, 0.6) is 0 Å². The van der Waals surface area contributed by atoms with Crippen molar-refractivity contribution in [1.29, 1.82) is 0 Å². The molecule has 12 heteroatoms. The monoisotopic (exact) mass is 364 g/mol. The molecule has 0 aliphatic rings.